The van der Waals surface area contributed by atoms with Gasteiger partial charge in [-0.3, -0.25) is 0 Å². The van der Waals surface area contributed by atoms with Crippen LogP contribution in [0.4, 0.5) is 6.01 Å². The molecule has 1 aromatic heterocycles. The van der Waals surface area contributed by atoms with E-state index in [4.69, 9.17) is 13.9 Å². The average Bonchev–Trinajstić information content (AvgIpc) is 3.41. The van der Waals surface area contributed by atoms with Gasteiger partial charge in [-0.2, -0.15) is 0 Å². The van der Waals surface area contributed by atoms with Crippen molar-refractivity contribution in [2.45, 2.75) is 90.9 Å². The smallest absolute Gasteiger partial charge is 0.342 e. The van der Waals surface area contributed by atoms with Gasteiger partial charge in [0.2, 0.25) is 5.89 Å². The van der Waals surface area contributed by atoms with E-state index in [1.807, 2.05) is 24.3 Å². The number of hydrogen-bond acceptors (Lipinski definition) is 7. The first-order valence-electron chi connectivity index (χ1n) is 14.3. The summed E-state index contributed by atoms with van der Waals surface area (Å²) >= 11 is 0. The second-order valence-corrected chi connectivity index (χ2v) is 9.63. The third kappa shape index (κ3) is 10.6. The Hall–Kier alpha value is -3.35. The Labute approximate surface area is 227 Å². The van der Waals surface area contributed by atoms with Crippen molar-refractivity contribution < 1.29 is 19.0 Å². The zero-order valence-electron chi connectivity index (χ0n) is 23.0. The Bertz CT molecular complexity index is 1080. The number of aromatic nitrogens is 2. The maximum absolute atomic E-state index is 10.2. The van der Waals surface area contributed by atoms with E-state index in [1.54, 1.807) is 18.2 Å². The van der Waals surface area contributed by atoms with E-state index in [9.17, 15) is 5.11 Å². The van der Waals surface area contributed by atoms with Gasteiger partial charge in [0.25, 0.3) is 0 Å². The lowest BCUT2D eigenvalue weighted by molar-refractivity contribution is 0.304. The van der Waals surface area contributed by atoms with Crippen LogP contribution < -0.4 is 9.47 Å². The summed E-state index contributed by atoms with van der Waals surface area (Å²) in [7, 11) is 0. The summed E-state index contributed by atoms with van der Waals surface area (Å²) in [6.45, 7) is 5.81. The summed E-state index contributed by atoms with van der Waals surface area (Å²) in [4.78, 5) is 4.24. The topological polar surface area (TPSA) is 90.0 Å². The Morgan fingerprint density at radius 1 is 0.737 bits per heavy atom. The fraction of sp³-hybridized carbons (Fsp3) is 0.516. The average molecular weight is 522 g/mol. The summed E-state index contributed by atoms with van der Waals surface area (Å²) in [5.74, 6) is 2.00. The van der Waals surface area contributed by atoms with E-state index in [0.29, 0.717) is 23.8 Å². The van der Waals surface area contributed by atoms with Crippen molar-refractivity contribution in [3.63, 3.8) is 0 Å². The van der Waals surface area contributed by atoms with Crippen LogP contribution in [0.1, 0.15) is 96.5 Å². The van der Waals surface area contributed by atoms with Gasteiger partial charge in [-0.05, 0) is 55.3 Å². The molecule has 1 N–H and O–H groups in total. The lowest BCUT2D eigenvalue weighted by Gasteiger charge is -2.07. The van der Waals surface area contributed by atoms with Crippen LogP contribution in [0, 0.1) is 0 Å². The molecule has 3 rings (SSSR count). The van der Waals surface area contributed by atoms with Crippen molar-refractivity contribution >= 4 is 12.2 Å². The highest BCUT2D eigenvalue weighted by Crippen LogP contribution is 2.25. The zero-order chi connectivity index (χ0) is 26.8. The van der Waals surface area contributed by atoms with Crippen molar-refractivity contribution in [2.75, 3.05) is 13.2 Å². The highest BCUT2D eigenvalue weighted by Gasteiger charge is 2.09. The van der Waals surface area contributed by atoms with E-state index < -0.39 is 0 Å². The van der Waals surface area contributed by atoms with Crippen molar-refractivity contribution in [3.05, 3.63) is 48.0 Å². The van der Waals surface area contributed by atoms with Crippen LogP contribution in [0.15, 0.2) is 51.9 Å². The molecule has 0 aliphatic heterocycles. The van der Waals surface area contributed by atoms with Crippen LogP contribution in [-0.2, 0) is 0 Å². The number of ether oxygens (including phenoxy) is 2. The molecule has 0 saturated heterocycles. The molecular formula is C31H43N3O4. The molecule has 0 radical (unpaired) electrons. The first kappa shape index (κ1) is 29.2. The molecule has 0 atom stereocenters. The number of benzene rings is 2. The van der Waals surface area contributed by atoms with Crippen molar-refractivity contribution in [3.8, 4) is 28.7 Å². The van der Waals surface area contributed by atoms with Crippen LogP contribution in [-0.4, -0.2) is 34.7 Å². The Balaban J connectivity index is 1.44. The zero-order valence-corrected chi connectivity index (χ0v) is 23.0. The minimum absolute atomic E-state index is 0.106. The maximum Gasteiger partial charge on any atom is 0.342 e. The molecule has 206 valence electrons. The van der Waals surface area contributed by atoms with Crippen LogP contribution in [0.5, 0.6) is 17.2 Å². The number of unbranched alkanes of at least 4 members (excludes halogenated alkanes) is 10. The SMILES string of the molecule is CCCCCCCCCCOc1ccc(-c2nnc(/N=C/c3cc(OCCCCCC)ccc3O)o2)cc1. The largest absolute Gasteiger partial charge is 0.507 e. The van der Waals surface area contributed by atoms with E-state index in [2.05, 4.69) is 29.0 Å². The molecule has 38 heavy (non-hydrogen) atoms. The van der Waals surface area contributed by atoms with Crippen molar-refractivity contribution in [2.24, 2.45) is 4.99 Å². The quantitative estimate of drug-likeness (QED) is 0.125. The number of hydrogen-bond donors (Lipinski definition) is 1. The molecule has 0 aliphatic carbocycles. The Kier molecular flexibility index (Phi) is 13.2. The van der Waals surface area contributed by atoms with E-state index in [-0.39, 0.29) is 11.8 Å². The second kappa shape index (κ2) is 17.2. The Morgan fingerprint density at radius 2 is 1.32 bits per heavy atom. The van der Waals surface area contributed by atoms with Gasteiger partial charge >= 0.3 is 6.01 Å². The predicted molar refractivity (Wildman–Crippen MR) is 153 cm³/mol. The fourth-order valence-electron chi connectivity index (χ4n) is 4.07. The maximum atomic E-state index is 10.2. The number of nitrogens with zero attached hydrogens (tertiary/aromatic N) is 3. The summed E-state index contributed by atoms with van der Waals surface area (Å²) < 4.78 is 17.4. The third-order valence-corrected chi connectivity index (χ3v) is 6.36. The first-order chi connectivity index (χ1) is 18.7. The van der Waals surface area contributed by atoms with Gasteiger partial charge in [-0.15, -0.1) is 5.10 Å². The van der Waals surface area contributed by atoms with Crippen molar-refractivity contribution in [1.29, 1.82) is 0 Å². The monoisotopic (exact) mass is 521 g/mol. The highest BCUT2D eigenvalue weighted by molar-refractivity contribution is 5.85. The lowest BCUT2D eigenvalue weighted by atomic mass is 10.1. The minimum Gasteiger partial charge on any atom is -0.507 e. The van der Waals surface area contributed by atoms with Crippen LogP contribution in [0.25, 0.3) is 11.5 Å². The molecule has 1 heterocycles. The van der Waals surface area contributed by atoms with Gasteiger partial charge in [-0.25, -0.2) is 4.99 Å². The predicted octanol–water partition coefficient (Wildman–Crippen LogP) is 8.67. The van der Waals surface area contributed by atoms with Gasteiger partial charge in [0.05, 0.1) is 13.2 Å². The van der Waals surface area contributed by atoms with Crippen LogP contribution >= 0.6 is 0 Å². The van der Waals surface area contributed by atoms with Gasteiger partial charge in [0, 0.05) is 17.3 Å². The minimum atomic E-state index is 0.106. The molecule has 0 fully saturated rings. The fourth-order valence-corrected chi connectivity index (χ4v) is 4.07. The molecule has 0 aliphatic rings. The summed E-state index contributed by atoms with van der Waals surface area (Å²) in [6, 6.07) is 12.8. The van der Waals surface area contributed by atoms with Crippen LogP contribution in [0.3, 0.4) is 0 Å². The molecule has 0 bridgehead atoms. The standard InChI is InChI=1S/C31H43N3O4/c1-3-5-7-9-10-11-12-14-21-36-27-17-15-25(16-18-27)30-33-34-31(38-30)32-24-26-23-28(19-20-29(26)35)37-22-13-8-6-4-2/h15-20,23-24,35H,3-14,21-22H2,1-2H3/b32-24+. The molecule has 3 aromatic rings. The lowest BCUT2D eigenvalue weighted by Crippen LogP contribution is -1.97. The number of rotatable bonds is 19. The molecule has 7 nitrogen and oxygen atoms in total. The van der Waals surface area contributed by atoms with E-state index in [1.165, 1.54) is 64.0 Å². The third-order valence-electron chi connectivity index (χ3n) is 6.36. The van der Waals surface area contributed by atoms with Gasteiger partial charge in [0.1, 0.15) is 17.2 Å². The summed E-state index contributed by atoms with van der Waals surface area (Å²) in [5.41, 5.74) is 1.31. The normalized spacial score (nSPS) is 11.3. The summed E-state index contributed by atoms with van der Waals surface area (Å²) in [6.07, 6.45) is 16.3. The Morgan fingerprint density at radius 3 is 2.00 bits per heavy atom. The molecule has 0 saturated carbocycles. The van der Waals surface area contributed by atoms with E-state index in [0.717, 1.165) is 37.2 Å². The highest BCUT2D eigenvalue weighted by atomic mass is 16.5. The molecule has 7 heteroatoms. The molecule has 0 amide bonds. The van der Waals surface area contributed by atoms with Crippen LogP contribution in [0.2, 0.25) is 0 Å². The first-order valence-corrected chi connectivity index (χ1v) is 14.3. The van der Waals surface area contributed by atoms with E-state index >= 15 is 0 Å². The van der Waals surface area contributed by atoms with Crippen molar-refractivity contribution in [1.82, 2.24) is 10.2 Å². The van der Waals surface area contributed by atoms with Gasteiger partial charge in [0.15, 0.2) is 0 Å². The molecule has 0 unspecified atom stereocenters. The van der Waals surface area contributed by atoms with Gasteiger partial charge < -0.3 is 19.0 Å². The second-order valence-electron chi connectivity index (χ2n) is 9.63. The number of phenolic OH excluding ortho intramolecular Hbond substituents is 1. The molecular weight excluding hydrogens is 478 g/mol. The number of aromatic hydroxyl groups is 1. The number of phenols is 1. The molecule has 2 aromatic carbocycles. The van der Waals surface area contributed by atoms with Gasteiger partial charge in [-0.1, -0.05) is 83.2 Å². The molecule has 0 spiro atoms. The summed E-state index contributed by atoms with van der Waals surface area (Å²) in [5, 5.41) is 18.3. The number of aliphatic imine (C=N–C) groups is 1.